The number of halogens is 1. The molecule has 1 unspecified atom stereocenters. The number of aryl methyl sites for hydroxylation is 2. The van der Waals surface area contributed by atoms with Crippen molar-refractivity contribution in [3.8, 4) is 0 Å². The number of rotatable bonds is 8. The van der Waals surface area contributed by atoms with Crippen LogP contribution < -0.4 is 5.32 Å². The third-order valence-corrected chi connectivity index (χ3v) is 4.85. The van der Waals surface area contributed by atoms with Gasteiger partial charge >= 0.3 is 0 Å². The lowest BCUT2D eigenvalue weighted by atomic mass is 9.97. The molecule has 138 valence electrons. The molecule has 3 rings (SSSR count). The standard InChI is InChI=1S/C24H24ClNO/c1-18-10-13-22(14-11-18)26-24(20-8-5-9-21(25)16-20)17-23(27)15-12-19-6-3-2-4-7-19/h2-11,13-14,16,24,26H,12,15,17H2,1H3. The van der Waals surface area contributed by atoms with E-state index < -0.39 is 0 Å². The summed E-state index contributed by atoms with van der Waals surface area (Å²) < 4.78 is 0. The van der Waals surface area contributed by atoms with Gasteiger partial charge in [-0.2, -0.15) is 0 Å². The quantitative estimate of drug-likeness (QED) is 0.492. The van der Waals surface area contributed by atoms with Gasteiger partial charge in [0, 0.05) is 23.6 Å². The maximum Gasteiger partial charge on any atom is 0.135 e. The summed E-state index contributed by atoms with van der Waals surface area (Å²) in [6.45, 7) is 2.06. The highest BCUT2D eigenvalue weighted by atomic mass is 35.5. The number of carbonyl (C=O) groups is 1. The smallest absolute Gasteiger partial charge is 0.135 e. The van der Waals surface area contributed by atoms with Crippen molar-refractivity contribution < 1.29 is 4.79 Å². The first kappa shape index (κ1) is 19.2. The van der Waals surface area contributed by atoms with E-state index in [0.29, 0.717) is 17.9 Å². The third kappa shape index (κ3) is 5.97. The van der Waals surface area contributed by atoms with Crippen molar-refractivity contribution in [1.29, 1.82) is 0 Å². The number of hydrogen-bond acceptors (Lipinski definition) is 2. The Morgan fingerprint density at radius 3 is 2.41 bits per heavy atom. The average molecular weight is 378 g/mol. The highest BCUT2D eigenvalue weighted by Crippen LogP contribution is 2.26. The van der Waals surface area contributed by atoms with Gasteiger partial charge in [-0.05, 0) is 48.7 Å². The van der Waals surface area contributed by atoms with Gasteiger partial charge in [0.25, 0.3) is 0 Å². The van der Waals surface area contributed by atoms with Crippen molar-refractivity contribution >= 4 is 23.1 Å². The molecule has 3 aromatic rings. The molecule has 0 aliphatic carbocycles. The molecule has 1 N–H and O–H groups in total. The van der Waals surface area contributed by atoms with E-state index in [4.69, 9.17) is 11.6 Å². The van der Waals surface area contributed by atoms with Crippen LogP contribution in [0.25, 0.3) is 0 Å². The molecule has 0 aliphatic rings. The van der Waals surface area contributed by atoms with Crippen LogP contribution in [0.2, 0.25) is 5.02 Å². The average Bonchev–Trinajstić information content (AvgIpc) is 2.68. The van der Waals surface area contributed by atoms with E-state index in [0.717, 1.165) is 17.7 Å². The molecular weight excluding hydrogens is 354 g/mol. The zero-order chi connectivity index (χ0) is 19.1. The lowest BCUT2D eigenvalue weighted by Gasteiger charge is -2.20. The van der Waals surface area contributed by atoms with Crippen molar-refractivity contribution in [3.63, 3.8) is 0 Å². The number of ketones is 1. The molecule has 0 heterocycles. The van der Waals surface area contributed by atoms with Crippen molar-refractivity contribution in [2.45, 2.75) is 32.2 Å². The molecule has 27 heavy (non-hydrogen) atoms. The minimum atomic E-state index is -0.102. The lowest BCUT2D eigenvalue weighted by molar-refractivity contribution is -0.119. The summed E-state index contributed by atoms with van der Waals surface area (Å²) in [6.07, 6.45) is 1.74. The molecule has 0 saturated carbocycles. The summed E-state index contributed by atoms with van der Waals surface area (Å²) in [7, 11) is 0. The SMILES string of the molecule is Cc1ccc(NC(CC(=O)CCc2ccccc2)c2cccc(Cl)c2)cc1. The van der Waals surface area contributed by atoms with E-state index >= 15 is 0 Å². The fourth-order valence-corrected chi connectivity index (χ4v) is 3.28. The number of hydrogen-bond donors (Lipinski definition) is 1. The van der Waals surface area contributed by atoms with Gasteiger partial charge < -0.3 is 5.32 Å². The van der Waals surface area contributed by atoms with Crippen molar-refractivity contribution in [3.05, 3.63) is 101 Å². The summed E-state index contributed by atoms with van der Waals surface area (Å²) in [5.74, 6) is 0.239. The zero-order valence-electron chi connectivity index (χ0n) is 15.5. The first-order chi connectivity index (χ1) is 13.1. The second-order valence-corrected chi connectivity index (χ2v) is 7.28. The van der Waals surface area contributed by atoms with Gasteiger partial charge in [0.2, 0.25) is 0 Å². The predicted octanol–water partition coefficient (Wildman–Crippen LogP) is 6.39. The number of carbonyl (C=O) groups excluding carboxylic acids is 1. The van der Waals surface area contributed by atoms with Gasteiger partial charge in [-0.25, -0.2) is 0 Å². The Kier molecular flexibility index (Phi) is 6.67. The highest BCUT2D eigenvalue weighted by Gasteiger charge is 2.16. The minimum Gasteiger partial charge on any atom is -0.378 e. The van der Waals surface area contributed by atoms with Crippen LogP contribution in [0.3, 0.4) is 0 Å². The van der Waals surface area contributed by atoms with Gasteiger partial charge in [0.1, 0.15) is 5.78 Å². The number of anilines is 1. The summed E-state index contributed by atoms with van der Waals surface area (Å²) in [5, 5.41) is 4.18. The van der Waals surface area contributed by atoms with E-state index in [1.165, 1.54) is 11.1 Å². The Morgan fingerprint density at radius 2 is 1.70 bits per heavy atom. The minimum absolute atomic E-state index is 0.102. The van der Waals surface area contributed by atoms with Gasteiger partial charge in [0.05, 0.1) is 6.04 Å². The molecule has 3 heteroatoms. The van der Waals surface area contributed by atoms with E-state index in [-0.39, 0.29) is 11.8 Å². The maximum absolute atomic E-state index is 12.7. The van der Waals surface area contributed by atoms with Crippen molar-refractivity contribution in [1.82, 2.24) is 0 Å². The van der Waals surface area contributed by atoms with Crippen molar-refractivity contribution in [2.24, 2.45) is 0 Å². The molecule has 3 aromatic carbocycles. The molecule has 0 radical (unpaired) electrons. The summed E-state index contributed by atoms with van der Waals surface area (Å²) >= 11 is 6.18. The normalized spacial score (nSPS) is 11.8. The molecule has 1 atom stereocenters. The van der Waals surface area contributed by atoms with Crippen LogP contribution in [0.4, 0.5) is 5.69 Å². The molecular formula is C24H24ClNO. The zero-order valence-corrected chi connectivity index (χ0v) is 16.2. The van der Waals surface area contributed by atoms with Gasteiger partial charge in [-0.3, -0.25) is 4.79 Å². The molecule has 0 aliphatic heterocycles. The highest BCUT2D eigenvalue weighted by molar-refractivity contribution is 6.30. The molecule has 0 saturated heterocycles. The summed E-state index contributed by atoms with van der Waals surface area (Å²) in [4.78, 5) is 12.7. The van der Waals surface area contributed by atoms with Gasteiger partial charge in [0.15, 0.2) is 0 Å². The number of benzene rings is 3. The van der Waals surface area contributed by atoms with Gasteiger partial charge in [-0.15, -0.1) is 0 Å². The molecule has 2 nitrogen and oxygen atoms in total. The Labute approximate surface area is 166 Å². The fraction of sp³-hybridized carbons (Fsp3) is 0.208. The van der Waals surface area contributed by atoms with E-state index in [1.807, 2.05) is 54.6 Å². The van der Waals surface area contributed by atoms with Crippen LogP contribution in [0.15, 0.2) is 78.9 Å². The van der Waals surface area contributed by atoms with E-state index in [2.05, 4.69) is 36.5 Å². The van der Waals surface area contributed by atoms with Crippen LogP contribution in [0.1, 0.15) is 35.6 Å². The first-order valence-corrected chi connectivity index (χ1v) is 9.62. The molecule has 0 aromatic heterocycles. The largest absolute Gasteiger partial charge is 0.378 e. The molecule has 0 fully saturated rings. The monoisotopic (exact) mass is 377 g/mol. The van der Waals surface area contributed by atoms with Gasteiger partial charge in [-0.1, -0.05) is 71.8 Å². The van der Waals surface area contributed by atoms with E-state index in [9.17, 15) is 4.79 Å². The Morgan fingerprint density at radius 1 is 0.963 bits per heavy atom. The second-order valence-electron chi connectivity index (χ2n) is 6.85. The second kappa shape index (κ2) is 9.38. The Bertz CT molecular complexity index is 874. The number of nitrogens with one attached hydrogen (secondary N) is 1. The third-order valence-electron chi connectivity index (χ3n) is 4.61. The molecule has 0 amide bonds. The van der Waals surface area contributed by atoms with Crippen LogP contribution in [0.5, 0.6) is 0 Å². The van der Waals surface area contributed by atoms with Crippen molar-refractivity contribution in [2.75, 3.05) is 5.32 Å². The maximum atomic E-state index is 12.7. The Hall–Kier alpha value is -2.58. The van der Waals surface area contributed by atoms with Crippen LogP contribution in [-0.4, -0.2) is 5.78 Å². The summed E-state index contributed by atoms with van der Waals surface area (Å²) in [5.41, 5.74) is 4.42. The fourth-order valence-electron chi connectivity index (χ4n) is 3.08. The first-order valence-electron chi connectivity index (χ1n) is 9.24. The van der Waals surface area contributed by atoms with E-state index in [1.54, 1.807) is 0 Å². The van der Waals surface area contributed by atoms with Crippen LogP contribution >= 0.6 is 11.6 Å². The van der Waals surface area contributed by atoms with Crippen LogP contribution in [-0.2, 0) is 11.2 Å². The van der Waals surface area contributed by atoms with Crippen LogP contribution in [0, 0.1) is 6.92 Å². The predicted molar refractivity (Wildman–Crippen MR) is 113 cm³/mol. The Balaban J connectivity index is 1.70. The lowest BCUT2D eigenvalue weighted by Crippen LogP contribution is -2.16. The number of Topliss-reactive ketones (excluding diaryl/α,β-unsaturated/α-hetero) is 1. The molecule has 0 bridgehead atoms. The molecule has 0 spiro atoms. The summed E-state index contributed by atoms with van der Waals surface area (Å²) in [6, 6.07) is 26.0. The topological polar surface area (TPSA) is 29.1 Å².